The van der Waals surface area contributed by atoms with Gasteiger partial charge in [0, 0.05) is 18.2 Å². The highest BCUT2D eigenvalue weighted by atomic mass is 35.5. The molecule has 0 aliphatic rings. The summed E-state index contributed by atoms with van der Waals surface area (Å²) in [5, 5.41) is 2.38. The number of nitrogens with two attached hydrogens (primary N) is 1. The van der Waals surface area contributed by atoms with Crippen LogP contribution in [-0.2, 0) is 4.79 Å². The lowest BCUT2D eigenvalue weighted by Crippen LogP contribution is -2.16. The van der Waals surface area contributed by atoms with E-state index in [1.807, 2.05) is 6.92 Å². The fourth-order valence-corrected chi connectivity index (χ4v) is 2.22. The SMILES string of the molecule is CC(N)CCCC(=O)Nc1cc(Cl)c(OC(F)F)c(Cl)c1. The van der Waals surface area contributed by atoms with Crippen LogP contribution in [0.1, 0.15) is 26.2 Å². The van der Waals surface area contributed by atoms with E-state index < -0.39 is 6.61 Å². The second kappa shape index (κ2) is 8.36. The standard InChI is InChI=1S/C13H16Cl2F2N2O2/c1-7(18)3-2-4-11(20)19-8-5-9(14)12(10(15)6-8)21-13(16)17/h5-7,13H,2-4,18H2,1H3,(H,19,20). The molecule has 0 saturated heterocycles. The zero-order chi connectivity index (χ0) is 16.0. The summed E-state index contributed by atoms with van der Waals surface area (Å²) in [6.07, 6.45) is 1.68. The minimum atomic E-state index is -3.03. The molecule has 4 nitrogen and oxygen atoms in total. The van der Waals surface area contributed by atoms with Gasteiger partial charge in [0.1, 0.15) is 0 Å². The van der Waals surface area contributed by atoms with Gasteiger partial charge in [-0.1, -0.05) is 23.2 Å². The van der Waals surface area contributed by atoms with Crippen molar-refractivity contribution in [1.29, 1.82) is 0 Å². The normalized spacial score (nSPS) is 12.3. The summed E-state index contributed by atoms with van der Waals surface area (Å²) in [5.74, 6) is -0.548. The average molecular weight is 341 g/mol. The molecule has 1 unspecified atom stereocenters. The lowest BCUT2D eigenvalue weighted by molar-refractivity contribution is -0.116. The summed E-state index contributed by atoms with van der Waals surface area (Å²) < 4.78 is 28.6. The molecule has 0 aliphatic carbocycles. The molecule has 1 atom stereocenters. The van der Waals surface area contributed by atoms with Crippen molar-refractivity contribution < 1.29 is 18.3 Å². The highest BCUT2D eigenvalue weighted by Crippen LogP contribution is 2.37. The molecule has 21 heavy (non-hydrogen) atoms. The molecule has 3 N–H and O–H groups in total. The number of nitrogens with one attached hydrogen (secondary N) is 1. The average Bonchev–Trinajstić information content (AvgIpc) is 2.33. The second-order valence-electron chi connectivity index (χ2n) is 4.57. The van der Waals surface area contributed by atoms with E-state index in [0.717, 1.165) is 6.42 Å². The first kappa shape index (κ1) is 17.9. The molecule has 1 aromatic carbocycles. The molecule has 8 heteroatoms. The zero-order valence-corrected chi connectivity index (χ0v) is 12.8. The van der Waals surface area contributed by atoms with Gasteiger partial charge in [0.2, 0.25) is 5.91 Å². The van der Waals surface area contributed by atoms with Crippen molar-refractivity contribution in [2.24, 2.45) is 5.73 Å². The Morgan fingerprint density at radius 1 is 1.38 bits per heavy atom. The molecule has 0 heterocycles. The Morgan fingerprint density at radius 3 is 2.43 bits per heavy atom. The highest BCUT2D eigenvalue weighted by molar-refractivity contribution is 6.37. The molecule has 1 amide bonds. The molecule has 0 bridgehead atoms. The number of hydrogen-bond acceptors (Lipinski definition) is 3. The lowest BCUT2D eigenvalue weighted by Gasteiger charge is -2.12. The monoisotopic (exact) mass is 340 g/mol. The van der Waals surface area contributed by atoms with Gasteiger partial charge in [-0.3, -0.25) is 4.79 Å². The number of ether oxygens (including phenoxy) is 1. The Kier molecular flexibility index (Phi) is 7.14. The lowest BCUT2D eigenvalue weighted by atomic mass is 10.1. The van der Waals surface area contributed by atoms with E-state index in [9.17, 15) is 13.6 Å². The molecule has 118 valence electrons. The Morgan fingerprint density at radius 2 is 1.95 bits per heavy atom. The summed E-state index contributed by atoms with van der Waals surface area (Å²) in [6, 6.07) is 2.64. The van der Waals surface area contributed by atoms with E-state index in [4.69, 9.17) is 28.9 Å². The highest BCUT2D eigenvalue weighted by Gasteiger charge is 2.15. The van der Waals surface area contributed by atoms with Crippen molar-refractivity contribution in [3.8, 4) is 5.75 Å². The molecule has 0 aliphatic heterocycles. The molecule has 0 fully saturated rings. The molecule has 0 aromatic heterocycles. The maximum absolute atomic E-state index is 12.2. The number of rotatable bonds is 7. The van der Waals surface area contributed by atoms with Crippen LogP contribution in [-0.4, -0.2) is 18.6 Å². The fraction of sp³-hybridized carbons (Fsp3) is 0.462. The molecule has 0 radical (unpaired) electrons. The van der Waals surface area contributed by atoms with Crippen molar-refractivity contribution in [3.63, 3.8) is 0 Å². The topological polar surface area (TPSA) is 64.4 Å². The Bertz CT molecular complexity index is 476. The van der Waals surface area contributed by atoms with Crippen molar-refractivity contribution in [2.45, 2.75) is 38.8 Å². The first-order valence-electron chi connectivity index (χ1n) is 6.29. The predicted octanol–water partition coefficient (Wildman–Crippen LogP) is 4.05. The van der Waals surface area contributed by atoms with Gasteiger partial charge < -0.3 is 15.8 Å². The minimum absolute atomic E-state index is 0.0347. The van der Waals surface area contributed by atoms with Gasteiger partial charge in [0.15, 0.2) is 5.75 Å². The molecule has 1 rings (SSSR count). The second-order valence-corrected chi connectivity index (χ2v) is 5.38. The number of anilines is 1. The number of amides is 1. The molecule has 0 spiro atoms. The van der Waals surface area contributed by atoms with E-state index in [0.29, 0.717) is 18.5 Å². The van der Waals surface area contributed by atoms with Gasteiger partial charge >= 0.3 is 6.61 Å². The maximum Gasteiger partial charge on any atom is 0.387 e. The van der Waals surface area contributed by atoms with Gasteiger partial charge in [-0.25, -0.2) is 0 Å². The van der Waals surface area contributed by atoms with Gasteiger partial charge in [-0.2, -0.15) is 8.78 Å². The Hall–Kier alpha value is -1.11. The van der Waals surface area contributed by atoms with Gasteiger partial charge in [-0.05, 0) is 31.9 Å². The van der Waals surface area contributed by atoms with E-state index in [-0.39, 0.29) is 27.7 Å². The smallest absolute Gasteiger partial charge is 0.387 e. The maximum atomic E-state index is 12.2. The number of alkyl halides is 2. The van der Waals surface area contributed by atoms with E-state index in [2.05, 4.69) is 10.1 Å². The molecular formula is C13H16Cl2F2N2O2. The van der Waals surface area contributed by atoms with Crippen LogP contribution in [0.25, 0.3) is 0 Å². The number of benzene rings is 1. The Balaban J connectivity index is 2.66. The quantitative estimate of drug-likeness (QED) is 0.786. The molecule has 1 aromatic rings. The van der Waals surface area contributed by atoms with Crippen molar-refractivity contribution in [1.82, 2.24) is 0 Å². The molecule has 0 saturated carbocycles. The van der Waals surface area contributed by atoms with Crippen LogP contribution in [0, 0.1) is 0 Å². The number of carbonyl (C=O) groups excluding carboxylic acids is 1. The summed E-state index contributed by atoms with van der Waals surface area (Å²) in [4.78, 5) is 11.7. The third-order valence-electron chi connectivity index (χ3n) is 2.55. The summed E-state index contributed by atoms with van der Waals surface area (Å²) in [7, 11) is 0. The van der Waals surface area contributed by atoms with Crippen molar-refractivity contribution in [3.05, 3.63) is 22.2 Å². The van der Waals surface area contributed by atoms with Crippen LogP contribution in [0.2, 0.25) is 10.0 Å². The number of carbonyl (C=O) groups is 1. The van der Waals surface area contributed by atoms with Crippen LogP contribution in [0.3, 0.4) is 0 Å². The summed E-state index contributed by atoms with van der Waals surface area (Å²) in [6.45, 7) is -1.17. The van der Waals surface area contributed by atoms with Crippen molar-refractivity contribution >= 4 is 34.8 Å². The van der Waals surface area contributed by atoms with Gasteiger partial charge in [0.05, 0.1) is 10.0 Å². The largest absolute Gasteiger partial charge is 0.432 e. The first-order valence-corrected chi connectivity index (χ1v) is 7.04. The Labute approximate surface area is 131 Å². The van der Waals surface area contributed by atoms with Crippen LogP contribution in [0.4, 0.5) is 14.5 Å². The van der Waals surface area contributed by atoms with Crippen molar-refractivity contribution in [2.75, 3.05) is 5.32 Å². The van der Waals surface area contributed by atoms with Crippen LogP contribution < -0.4 is 15.8 Å². The zero-order valence-electron chi connectivity index (χ0n) is 11.3. The van der Waals surface area contributed by atoms with Crippen LogP contribution >= 0.6 is 23.2 Å². The van der Waals surface area contributed by atoms with E-state index in [1.54, 1.807) is 0 Å². The van der Waals surface area contributed by atoms with Gasteiger partial charge in [-0.15, -0.1) is 0 Å². The van der Waals surface area contributed by atoms with Gasteiger partial charge in [0.25, 0.3) is 0 Å². The summed E-state index contributed by atoms with van der Waals surface area (Å²) in [5.41, 5.74) is 5.90. The van der Waals surface area contributed by atoms with E-state index >= 15 is 0 Å². The first-order chi connectivity index (χ1) is 9.79. The van der Waals surface area contributed by atoms with Crippen LogP contribution in [0.15, 0.2) is 12.1 Å². The predicted molar refractivity (Wildman–Crippen MR) is 79.2 cm³/mol. The third-order valence-corrected chi connectivity index (χ3v) is 3.11. The fourth-order valence-electron chi connectivity index (χ4n) is 1.64. The third kappa shape index (κ3) is 6.46. The summed E-state index contributed by atoms with van der Waals surface area (Å²) >= 11 is 11.6. The van der Waals surface area contributed by atoms with Crippen LogP contribution in [0.5, 0.6) is 5.75 Å². The number of hydrogen-bond donors (Lipinski definition) is 2. The number of halogens is 4. The molecular weight excluding hydrogens is 325 g/mol. The minimum Gasteiger partial charge on any atom is -0.432 e. The van der Waals surface area contributed by atoms with E-state index in [1.165, 1.54) is 12.1 Å².